The van der Waals surface area contributed by atoms with Gasteiger partial charge in [-0.2, -0.15) is 0 Å². The van der Waals surface area contributed by atoms with Crippen molar-refractivity contribution in [2.45, 2.75) is 38.3 Å². The van der Waals surface area contributed by atoms with E-state index in [0.29, 0.717) is 34.1 Å². The van der Waals surface area contributed by atoms with Crippen LogP contribution in [0, 0.1) is 0 Å². The van der Waals surface area contributed by atoms with E-state index in [1.165, 1.54) is 0 Å². The number of phenolic OH excluding ortho intramolecular Hbond substituents is 4. The molecule has 0 spiro atoms. The number of aromatic hydroxyl groups is 4. The Kier molecular flexibility index (Phi) is 5.73. The van der Waals surface area contributed by atoms with Crippen molar-refractivity contribution in [3.63, 3.8) is 0 Å². The van der Waals surface area contributed by atoms with E-state index < -0.39 is 12.1 Å². The Morgan fingerprint density at radius 3 is 1.74 bits per heavy atom. The number of phenols is 4. The lowest BCUT2D eigenvalue weighted by Crippen LogP contribution is -2.41. The molecule has 4 N–H and O–H groups in total. The van der Waals surface area contributed by atoms with Crippen molar-refractivity contribution >= 4 is 16.7 Å². The number of nitrogens with zero attached hydrogens (tertiary/aromatic N) is 1. The van der Waals surface area contributed by atoms with Crippen LogP contribution in [-0.4, -0.2) is 31.2 Å². The second-order valence-corrected chi connectivity index (χ2v) is 8.99. The summed E-state index contributed by atoms with van der Waals surface area (Å²) in [5, 5.41) is 44.3. The lowest BCUT2D eigenvalue weighted by atomic mass is 9.79. The van der Waals surface area contributed by atoms with E-state index in [-0.39, 0.29) is 35.3 Å². The summed E-state index contributed by atoms with van der Waals surface area (Å²) in [6, 6.07) is 18.7. The van der Waals surface area contributed by atoms with Crippen LogP contribution < -0.4 is 0 Å². The number of hydrogen-bond acceptors (Lipinski definition) is 5. The number of benzene rings is 4. The molecule has 5 rings (SSSR count). The summed E-state index contributed by atoms with van der Waals surface area (Å²) in [4.78, 5) is 15.6. The van der Waals surface area contributed by atoms with Crippen LogP contribution in [0.1, 0.15) is 60.5 Å². The molecule has 0 aliphatic carbocycles. The van der Waals surface area contributed by atoms with Crippen LogP contribution in [0.25, 0.3) is 10.8 Å². The summed E-state index contributed by atoms with van der Waals surface area (Å²) in [5.41, 5.74) is 2.27. The van der Waals surface area contributed by atoms with Gasteiger partial charge in [-0.25, -0.2) is 0 Å². The molecule has 0 aromatic heterocycles. The van der Waals surface area contributed by atoms with E-state index in [1.54, 1.807) is 65.6 Å². The van der Waals surface area contributed by atoms with Gasteiger partial charge in [0.1, 0.15) is 23.0 Å². The minimum atomic E-state index is -0.725. The summed E-state index contributed by atoms with van der Waals surface area (Å²) in [5.74, 6) is -0.0593. The lowest BCUT2D eigenvalue weighted by molar-refractivity contribution is -0.135. The highest BCUT2D eigenvalue weighted by Crippen LogP contribution is 2.54. The summed E-state index contributed by atoms with van der Waals surface area (Å²) in [6.07, 6.45) is 1.79. The van der Waals surface area contributed by atoms with E-state index in [1.807, 2.05) is 19.1 Å². The quantitative estimate of drug-likeness (QED) is 0.293. The van der Waals surface area contributed by atoms with Crippen molar-refractivity contribution in [3.8, 4) is 23.0 Å². The SMILES string of the molecule is CCCCC(=O)N1C(c2cccc(O)c2)c2c(O)ccc3ccc(O)c(c23)C1c1cccc(O)c1. The topological polar surface area (TPSA) is 101 Å². The highest BCUT2D eigenvalue weighted by Gasteiger charge is 2.43. The molecule has 4 aromatic carbocycles. The zero-order valence-electron chi connectivity index (χ0n) is 19.3. The first-order chi connectivity index (χ1) is 16.9. The molecule has 0 saturated heterocycles. The highest BCUT2D eigenvalue weighted by atomic mass is 16.3. The predicted molar refractivity (Wildman–Crippen MR) is 134 cm³/mol. The number of amides is 1. The standard InChI is InChI=1S/C29H27NO5/c1-2-3-10-24(35)30-28(18-6-4-8-20(31)15-18)26-22(33)13-11-17-12-14-23(34)27(25(17)26)29(30)19-7-5-9-21(32)16-19/h4-9,11-16,28-29,31-34H,2-3,10H2,1H3. The van der Waals surface area contributed by atoms with Crippen LogP contribution in [0.3, 0.4) is 0 Å². The number of rotatable bonds is 5. The Labute approximate surface area is 203 Å². The van der Waals surface area contributed by atoms with Crippen LogP contribution in [0.5, 0.6) is 23.0 Å². The number of carbonyl (C=O) groups excluding carboxylic acids is 1. The van der Waals surface area contributed by atoms with Gasteiger partial charge in [0.15, 0.2) is 0 Å². The van der Waals surface area contributed by atoms with Crippen molar-refractivity contribution in [3.05, 3.63) is 95.1 Å². The van der Waals surface area contributed by atoms with Gasteiger partial charge in [-0.3, -0.25) is 4.79 Å². The van der Waals surface area contributed by atoms with Gasteiger partial charge in [0.2, 0.25) is 5.91 Å². The van der Waals surface area contributed by atoms with E-state index in [2.05, 4.69) is 0 Å². The minimum Gasteiger partial charge on any atom is -0.508 e. The van der Waals surface area contributed by atoms with E-state index >= 15 is 0 Å². The summed E-state index contributed by atoms with van der Waals surface area (Å²) < 4.78 is 0. The summed E-state index contributed by atoms with van der Waals surface area (Å²) >= 11 is 0. The third-order valence-electron chi connectivity index (χ3n) is 6.73. The monoisotopic (exact) mass is 469 g/mol. The number of unbranched alkanes of at least 4 members (excludes halogenated alkanes) is 1. The van der Waals surface area contributed by atoms with Crippen LogP contribution in [0.4, 0.5) is 0 Å². The Morgan fingerprint density at radius 1 is 0.771 bits per heavy atom. The van der Waals surface area contributed by atoms with Gasteiger partial charge in [0.05, 0.1) is 12.1 Å². The second-order valence-electron chi connectivity index (χ2n) is 8.99. The van der Waals surface area contributed by atoms with Crippen molar-refractivity contribution in [2.75, 3.05) is 0 Å². The van der Waals surface area contributed by atoms with Crippen molar-refractivity contribution < 1.29 is 25.2 Å². The third-order valence-corrected chi connectivity index (χ3v) is 6.73. The molecule has 2 atom stereocenters. The third kappa shape index (κ3) is 3.81. The average Bonchev–Trinajstić information content (AvgIpc) is 2.85. The molecule has 35 heavy (non-hydrogen) atoms. The fourth-order valence-corrected chi connectivity index (χ4v) is 5.22. The molecule has 1 aliphatic rings. The molecular formula is C29H27NO5. The molecule has 1 aliphatic heterocycles. The first kappa shape index (κ1) is 22.6. The van der Waals surface area contributed by atoms with E-state index in [9.17, 15) is 25.2 Å². The molecule has 6 nitrogen and oxygen atoms in total. The maximum Gasteiger partial charge on any atom is 0.224 e. The van der Waals surface area contributed by atoms with Crippen LogP contribution in [0.15, 0.2) is 72.8 Å². The van der Waals surface area contributed by atoms with Gasteiger partial charge in [0.25, 0.3) is 0 Å². The molecule has 178 valence electrons. The van der Waals surface area contributed by atoms with Gasteiger partial charge < -0.3 is 25.3 Å². The van der Waals surface area contributed by atoms with Gasteiger partial charge in [-0.05, 0) is 59.3 Å². The summed E-state index contributed by atoms with van der Waals surface area (Å²) in [6.45, 7) is 2.01. The first-order valence-corrected chi connectivity index (χ1v) is 11.8. The lowest BCUT2D eigenvalue weighted by Gasteiger charge is -2.44. The minimum absolute atomic E-state index is 0.000318. The van der Waals surface area contributed by atoms with E-state index in [4.69, 9.17) is 0 Å². The Balaban J connectivity index is 1.90. The largest absolute Gasteiger partial charge is 0.508 e. The molecule has 0 saturated carbocycles. The van der Waals surface area contributed by atoms with Crippen molar-refractivity contribution in [1.29, 1.82) is 0 Å². The molecule has 4 aromatic rings. The van der Waals surface area contributed by atoms with Crippen LogP contribution >= 0.6 is 0 Å². The second kappa shape index (κ2) is 8.87. The fourth-order valence-electron chi connectivity index (χ4n) is 5.22. The number of hydrogen-bond donors (Lipinski definition) is 4. The Bertz CT molecular complexity index is 1340. The van der Waals surface area contributed by atoms with Gasteiger partial charge in [0, 0.05) is 22.9 Å². The molecule has 0 fully saturated rings. The normalized spacial score (nSPS) is 17.0. The smallest absolute Gasteiger partial charge is 0.224 e. The number of carbonyl (C=O) groups is 1. The maximum atomic E-state index is 13.9. The average molecular weight is 470 g/mol. The highest BCUT2D eigenvalue weighted by molar-refractivity contribution is 5.96. The van der Waals surface area contributed by atoms with Crippen LogP contribution in [-0.2, 0) is 4.79 Å². The van der Waals surface area contributed by atoms with E-state index in [0.717, 1.165) is 11.8 Å². The molecule has 2 unspecified atom stereocenters. The molecule has 6 heteroatoms. The molecule has 0 bridgehead atoms. The molecule has 0 radical (unpaired) electrons. The zero-order valence-corrected chi connectivity index (χ0v) is 19.3. The van der Waals surface area contributed by atoms with Crippen molar-refractivity contribution in [2.24, 2.45) is 0 Å². The fraction of sp³-hybridized carbons (Fsp3) is 0.207. The maximum absolute atomic E-state index is 13.9. The first-order valence-electron chi connectivity index (χ1n) is 11.8. The van der Waals surface area contributed by atoms with Gasteiger partial charge >= 0.3 is 0 Å². The van der Waals surface area contributed by atoms with Gasteiger partial charge in [-0.15, -0.1) is 0 Å². The molecule has 1 heterocycles. The Hall–Kier alpha value is -4.19. The predicted octanol–water partition coefficient (Wildman–Crippen LogP) is 5.87. The summed E-state index contributed by atoms with van der Waals surface area (Å²) in [7, 11) is 0. The van der Waals surface area contributed by atoms with Crippen molar-refractivity contribution in [1.82, 2.24) is 4.90 Å². The molecule has 1 amide bonds. The van der Waals surface area contributed by atoms with Crippen LogP contribution in [0.2, 0.25) is 0 Å². The molecular weight excluding hydrogens is 442 g/mol. The Morgan fingerprint density at radius 2 is 1.29 bits per heavy atom. The zero-order chi connectivity index (χ0) is 24.7. The van der Waals surface area contributed by atoms with Gasteiger partial charge in [-0.1, -0.05) is 49.7 Å².